The number of rotatable bonds is 8. The molecule has 7 nitrogen and oxygen atoms in total. The van der Waals surface area contributed by atoms with Gasteiger partial charge in [0.1, 0.15) is 0 Å². The van der Waals surface area contributed by atoms with Crippen LogP contribution >= 0.6 is 23.8 Å². The van der Waals surface area contributed by atoms with Crippen LogP contribution in [-0.4, -0.2) is 36.0 Å². The van der Waals surface area contributed by atoms with E-state index in [1.807, 2.05) is 6.92 Å². The Labute approximate surface area is 138 Å². The number of halogens is 1. The van der Waals surface area contributed by atoms with Gasteiger partial charge in [-0.05, 0) is 31.6 Å². The lowest BCUT2D eigenvalue weighted by molar-refractivity contribution is -0.384. The number of nitrogens with zero attached hydrogens (tertiary/aromatic N) is 2. The maximum absolute atomic E-state index is 10.7. The second-order valence-electron chi connectivity index (χ2n) is 4.14. The predicted molar refractivity (Wildman–Crippen MR) is 90.5 cm³/mol. The summed E-state index contributed by atoms with van der Waals surface area (Å²) < 4.78 is 5.19. The van der Waals surface area contributed by atoms with Crippen molar-refractivity contribution in [1.82, 2.24) is 10.7 Å². The lowest BCUT2D eigenvalue weighted by atomic mass is 10.2. The first kappa shape index (κ1) is 18.3. The third-order valence-corrected chi connectivity index (χ3v) is 3.10. The van der Waals surface area contributed by atoms with Crippen molar-refractivity contribution >= 4 is 40.8 Å². The molecule has 0 spiro atoms. The van der Waals surface area contributed by atoms with Crippen molar-refractivity contribution in [2.45, 2.75) is 13.3 Å². The van der Waals surface area contributed by atoms with E-state index in [0.717, 1.165) is 6.42 Å². The second-order valence-corrected chi connectivity index (χ2v) is 4.95. The first-order valence-corrected chi connectivity index (χ1v) is 7.41. The fourth-order valence-electron chi connectivity index (χ4n) is 1.46. The third kappa shape index (κ3) is 6.79. The number of nitrogens with one attached hydrogen (secondary N) is 2. The van der Waals surface area contributed by atoms with Crippen molar-refractivity contribution in [1.29, 1.82) is 0 Å². The summed E-state index contributed by atoms with van der Waals surface area (Å²) in [5.41, 5.74) is 3.00. The van der Waals surface area contributed by atoms with E-state index in [-0.39, 0.29) is 5.69 Å². The van der Waals surface area contributed by atoms with E-state index in [2.05, 4.69) is 15.8 Å². The largest absolute Gasteiger partial charge is 0.382 e. The monoisotopic (exact) mass is 344 g/mol. The molecule has 0 aliphatic carbocycles. The molecule has 9 heteroatoms. The van der Waals surface area contributed by atoms with Crippen molar-refractivity contribution in [2.24, 2.45) is 5.10 Å². The normalized spacial score (nSPS) is 10.6. The minimum atomic E-state index is -0.494. The molecule has 0 aliphatic heterocycles. The van der Waals surface area contributed by atoms with Gasteiger partial charge in [0.15, 0.2) is 5.11 Å². The van der Waals surface area contributed by atoms with Gasteiger partial charge in [-0.25, -0.2) is 0 Å². The smallest absolute Gasteiger partial charge is 0.270 e. The van der Waals surface area contributed by atoms with Gasteiger partial charge in [-0.15, -0.1) is 0 Å². The quantitative estimate of drug-likeness (QED) is 0.247. The van der Waals surface area contributed by atoms with Crippen LogP contribution in [0.25, 0.3) is 0 Å². The Morgan fingerprint density at radius 1 is 1.59 bits per heavy atom. The molecule has 0 heterocycles. The average Bonchev–Trinajstić information content (AvgIpc) is 2.48. The molecule has 1 aromatic rings. The van der Waals surface area contributed by atoms with Crippen LogP contribution in [-0.2, 0) is 4.74 Å². The summed E-state index contributed by atoms with van der Waals surface area (Å²) >= 11 is 11.0. The Morgan fingerprint density at radius 2 is 2.36 bits per heavy atom. The highest BCUT2D eigenvalue weighted by atomic mass is 35.5. The molecule has 0 bridgehead atoms. The molecular formula is C13H17ClN4O3S. The number of thiocarbonyl (C=S) groups is 1. The maximum Gasteiger partial charge on any atom is 0.270 e. The predicted octanol–water partition coefficient (Wildman–Crippen LogP) is 2.47. The first-order valence-electron chi connectivity index (χ1n) is 6.63. The van der Waals surface area contributed by atoms with E-state index in [4.69, 9.17) is 28.6 Å². The van der Waals surface area contributed by atoms with Gasteiger partial charge in [0, 0.05) is 42.5 Å². The molecule has 0 aliphatic rings. The van der Waals surface area contributed by atoms with E-state index in [1.54, 1.807) is 0 Å². The molecule has 2 N–H and O–H groups in total. The van der Waals surface area contributed by atoms with Gasteiger partial charge in [-0.3, -0.25) is 15.5 Å². The number of nitro benzene ring substituents is 1. The minimum Gasteiger partial charge on any atom is -0.382 e. The van der Waals surface area contributed by atoms with Gasteiger partial charge in [-0.1, -0.05) is 11.6 Å². The minimum absolute atomic E-state index is 0.0533. The van der Waals surface area contributed by atoms with Crippen LogP contribution in [0.15, 0.2) is 23.3 Å². The van der Waals surface area contributed by atoms with Crippen molar-refractivity contribution in [2.75, 3.05) is 19.8 Å². The molecule has 0 atom stereocenters. The zero-order chi connectivity index (χ0) is 16.4. The Morgan fingerprint density at radius 3 is 3.05 bits per heavy atom. The van der Waals surface area contributed by atoms with Crippen LogP contribution < -0.4 is 10.7 Å². The molecule has 0 unspecified atom stereocenters. The summed E-state index contributed by atoms with van der Waals surface area (Å²) in [7, 11) is 0. The lowest BCUT2D eigenvalue weighted by Crippen LogP contribution is -2.33. The molecule has 0 aromatic heterocycles. The summed E-state index contributed by atoms with van der Waals surface area (Å²) in [5.74, 6) is 0. The van der Waals surface area contributed by atoms with E-state index in [9.17, 15) is 10.1 Å². The van der Waals surface area contributed by atoms with Crippen LogP contribution in [0.1, 0.15) is 18.9 Å². The fraction of sp³-hybridized carbons (Fsp3) is 0.385. The van der Waals surface area contributed by atoms with E-state index in [0.29, 0.717) is 35.5 Å². The highest BCUT2D eigenvalue weighted by molar-refractivity contribution is 7.80. The summed E-state index contributed by atoms with van der Waals surface area (Å²) in [5, 5.41) is 18.3. The average molecular weight is 345 g/mol. The lowest BCUT2D eigenvalue weighted by Gasteiger charge is -2.06. The number of hydrazone groups is 1. The second kappa shape index (κ2) is 10.0. The number of benzene rings is 1. The van der Waals surface area contributed by atoms with Crippen molar-refractivity contribution in [3.63, 3.8) is 0 Å². The summed E-state index contributed by atoms with van der Waals surface area (Å²) in [6, 6.07) is 4.12. The Bertz CT molecular complexity index is 554. The molecule has 22 heavy (non-hydrogen) atoms. The van der Waals surface area contributed by atoms with E-state index < -0.39 is 4.92 Å². The number of ether oxygens (including phenoxy) is 1. The molecule has 0 amide bonds. The van der Waals surface area contributed by atoms with Crippen LogP contribution in [0.2, 0.25) is 5.02 Å². The molecule has 0 fully saturated rings. The van der Waals surface area contributed by atoms with Gasteiger partial charge < -0.3 is 10.1 Å². The molecule has 1 aromatic carbocycles. The third-order valence-electron chi connectivity index (χ3n) is 2.52. The highest BCUT2D eigenvalue weighted by Gasteiger charge is 2.08. The molecule has 0 saturated heterocycles. The van der Waals surface area contributed by atoms with E-state index in [1.165, 1.54) is 24.4 Å². The van der Waals surface area contributed by atoms with Crippen LogP contribution in [0.3, 0.4) is 0 Å². The molecular weight excluding hydrogens is 328 g/mol. The summed E-state index contributed by atoms with van der Waals surface area (Å²) in [6.45, 7) is 3.96. The zero-order valence-electron chi connectivity index (χ0n) is 12.0. The topological polar surface area (TPSA) is 88.8 Å². The van der Waals surface area contributed by atoms with Gasteiger partial charge in [0.25, 0.3) is 5.69 Å². The zero-order valence-corrected chi connectivity index (χ0v) is 13.6. The van der Waals surface area contributed by atoms with Crippen LogP contribution in [0.4, 0.5) is 5.69 Å². The van der Waals surface area contributed by atoms with Crippen molar-refractivity contribution in [3.05, 3.63) is 38.9 Å². The molecule has 120 valence electrons. The number of non-ortho nitro benzene ring substituents is 1. The van der Waals surface area contributed by atoms with Gasteiger partial charge in [0.05, 0.1) is 11.1 Å². The van der Waals surface area contributed by atoms with Crippen LogP contribution in [0, 0.1) is 10.1 Å². The summed E-state index contributed by atoms with van der Waals surface area (Å²) in [4.78, 5) is 10.2. The number of nitro groups is 1. The standard InChI is InChI=1S/C13H17ClN4O3S/c1-2-21-7-3-6-15-13(22)17-16-9-10-8-11(18(19)20)4-5-12(10)14/h4-5,8-9H,2-3,6-7H2,1H3,(H2,15,17,22)/b16-9-. The molecule has 0 saturated carbocycles. The number of hydrogen-bond donors (Lipinski definition) is 2. The highest BCUT2D eigenvalue weighted by Crippen LogP contribution is 2.20. The Hall–Kier alpha value is -1.77. The van der Waals surface area contributed by atoms with Gasteiger partial charge in [0.2, 0.25) is 0 Å². The molecule has 1 rings (SSSR count). The van der Waals surface area contributed by atoms with Gasteiger partial charge >= 0.3 is 0 Å². The Kier molecular flexibility index (Phi) is 8.34. The van der Waals surface area contributed by atoms with Crippen LogP contribution in [0.5, 0.6) is 0 Å². The van der Waals surface area contributed by atoms with E-state index >= 15 is 0 Å². The van der Waals surface area contributed by atoms with Crippen molar-refractivity contribution < 1.29 is 9.66 Å². The maximum atomic E-state index is 10.7. The number of hydrogen-bond acceptors (Lipinski definition) is 5. The van der Waals surface area contributed by atoms with Crippen molar-refractivity contribution in [3.8, 4) is 0 Å². The SMILES string of the molecule is CCOCCCNC(=S)N/N=C\c1cc([N+](=O)[O-])ccc1Cl. The summed E-state index contributed by atoms with van der Waals surface area (Å²) in [6.07, 6.45) is 2.21. The first-order chi connectivity index (χ1) is 10.5. The Balaban J connectivity index is 2.43. The molecule has 0 radical (unpaired) electrons. The van der Waals surface area contributed by atoms with Gasteiger partial charge in [-0.2, -0.15) is 5.10 Å². The fourth-order valence-corrected chi connectivity index (χ4v) is 1.79.